The molecule has 0 radical (unpaired) electrons. The number of nitrogens with one attached hydrogen (secondary N) is 1. The van der Waals surface area contributed by atoms with Crippen LogP contribution in [0.4, 0.5) is 5.00 Å². The molecule has 8 nitrogen and oxygen atoms in total. The van der Waals surface area contributed by atoms with Crippen molar-refractivity contribution in [1.82, 2.24) is 0 Å². The van der Waals surface area contributed by atoms with Gasteiger partial charge in [0.25, 0.3) is 0 Å². The van der Waals surface area contributed by atoms with Gasteiger partial charge in [0.15, 0.2) is 0 Å². The quantitative estimate of drug-likeness (QED) is 0.612. The van der Waals surface area contributed by atoms with Gasteiger partial charge in [0.1, 0.15) is 5.00 Å². The normalized spacial score (nSPS) is 16.6. The Hall–Kier alpha value is -2.42. The molecule has 2 rings (SSSR count). The highest BCUT2D eigenvalue weighted by atomic mass is 32.1. The molecule has 22 heavy (non-hydrogen) atoms. The van der Waals surface area contributed by atoms with E-state index < -0.39 is 29.7 Å². The van der Waals surface area contributed by atoms with Gasteiger partial charge in [-0.15, -0.1) is 11.3 Å². The van der Waals surface area contributed by atoms with Crippen molar-refractivity contribution in [1.29, 1.82) is 0 Å². The van der Waals surface area contributed by atoms with Crippen molar-refractivity contribution in [3.63, 3.8) is 0 Å². The molecule has 4 N–H and O–H groups in total. The maximum absolute atomic E-state index is 11.5. The average Bonchev–Trinajstić information content (AvgIpc) is 2.77. The third kappa shape index (κ3) is 3.08. The van der Waals surface area contributed by atoms with Gasteiger partial charge in [-0.2, -0.15) is 0 Å². The van der Waals surface area contributed by atoms with Gasteiger partial charge in [0.2, 0.25) is 0 Å². The molecule has 0 spiro atoms. The summed E-state index contributed by atoms with van der Waals surface area (Å²) < 4.78 is 0. The fourth-order valence-corrected chi connectivity index (χ4v) is 3.95. The fraction of sp³-hybridized carbons (Fsp3) is 0.385. The molecule has 1 atom stereocenters. The average molecular weight is 327 g/mol. The summed E-state index contributed by atoms with van der Waals surface area (Å²) in [6, 6.07) is 0. The van der Waals surface area contributed by atoms with E-state index in [9.17, 15) is 24.3 Å². The summed E-state index contributed by atoms with van der Waals surface area (Å²) in [7, 11) is 0. The summed E-state index contributed by atoms with van der Waals surface area (Å²) in [5.74, 6) is -5.83. The molecule has 0 saturated heterocycles. The van der Waals surface area contributed by atoms with E-state index in [4.69, 9.17) is 10.2 Å². The predicted octanol–water partition coefficient (Wildman–Crippen LogP) is 1.36. The Morgan fingerprint density at radius 2 is 1.86 bits per heavy atom. The van der Waals surface area contributed by atoms with Crippen LogP contribution in [0.3, 0.4) is 0 Å². The molecular weight excluding hydrogens is 314 g/mol. The minimum absolute atomic E-state index is 0.0535. The maximum atomic E-state index is 11.5. The van der Waals surface area contributed by atoms with Crippen LogP contribution in [0.5, 0.6) is 0 Å². The number of hydrogen-bond donors (Lipinski definition) is 4. The van der Waals surface area contributed by atoms with Crippen molar-refractivity contribution in [2.24, 2.45) is 0 Å². The van der Waals surface area contributed by atoms with Crippen molar-refractivity contribution in [3.05, 3.63) is 16.0 Å². The number of rotatable bonds is 4. The topological polar surface area (TPSA) is 141 Å². The van der Waals surface area contributed by atoms with Gasteiger partial charge < -0.3 is 20.6 Å². The zero-order valence-corrected chi connectivity index (χ0v) is 12.1. The van der Waals surface area contributed by atoms with E-state index in [-0.39, 0.29) is 17.0 Å². The van der Waals surface area contributed by atoms with Crippen molar-refractivity contribution in [3.8, 4) is 0 Å². The zero-order chi connectivity index (χ0) is 16.4. The smallest absolute Gasteiger partial charge is 0.394 e. The number of amides is 1. The number of fused-ring (bicyclic) bond motifs is 1. The largest absolute Gasteiger partial charge is 0.481 e. The van der Waals surface area contributed by atoms with E-state index in [0.29, 0.717) is 23.3 Å². The molecule has 1 aliphatic rings. The molecule has 9 heteroatoms. The van der Waals surface area contributed by atoms with Crippen LogP contribution in [0.2, 0.25) is 0 Å². The van der Waals surface area contributed by atoms with Crippen molar-refractivity contribution < 1.29 is 34.5 Å². The number of thiophene rings is 1. The number of carboxylic acid groups (broad SMARTS) is 3. The zero-order valence-electron chi connectivity index (χ0n) is 11.3. The van der Waals surface area contributed by atoms with Crippen LogP contribution in [-0.2, 0) is 20.8 Å². The number of carboxylic acids is 3. The Bertz CT molecular complexity index is 664. The van der Waals surface area contributed by atoms with Gasteiger partial charge in [-0.3, -0.25) is 9.59 Å². The molecule has 118 valence electrons. The first kappa shape index (κ1) is 16.0. The lowest BCUT2D eigenvalue weighted by Gasteiger charge is -2.21. The van der Waals surface area contributed by atoms with Crippen LogP contribution in [0.25, 0.3) is 0 Å². The van der Waals surface area contributed by atoms with E-state index in [1.165, 1.54) is 0 Å². The number of aromatic carboxylic acids is 1. The summed E-state index contributed by atoms with van der Waals surface area (Å²) in [4.78, 5) is 45.0. The summed E-state index contributed by atoms with van der Waals surface area (Å²) in [5.41, 5.74) is 0.215. The monoisotopic (exact) mass is 327 g/mol. The highest BCUT2D eigenvalue weighted by Crippen LogP contribution is 2.44. The van der Waals surface area contributed by atoms with Crippen LogP contribution < -0.4 is 5.32 Å². The second-order valence-electron chi connectivity index (χ2n) is 4.89. The minimum atomic E-state index is -1.72. The number of carbonyl (C=O) groups excluding carboxylic acids is 1. The molecule has 0 aromatic carbocycles. The molecule has 0 fully saturated rings. The predicted molar refractivity (Wildman–Crippen MR) is 75.5 cm³/mol. The lowest BCUT2D eigenvalue weighted by Crippen LogP contribution is -2.22. The molecule has 1 aromatic heterocycles. The van der Waals surface area contributed by atoms with Crippen LogP contribution in [0.15, 0.2) is 0 Å². The molecule has 0 bridgehead atoms. The van der Waals surface area contributed by atoms with Gasteiger partial charge in [0.05, 0.1) is 12.0 Å². The summed E-state index contributed by atoms with van der Waals surface area (Å²) in [6.45, 7) is 0. The molecule has 1 heterocycles. The minimum Gasteiger partial charge on any atom is -0.481 e. The number of aliphatic carboxylic acids is 2. The molecule has 1 aromatic rings. The Labute approximate surface area is 128 Å². The Kier molecular flexibility index (Phi) is 4.45. The molecule has 1 aliphatic carbocycles. The van der Waals surface area contributed by atoms with E-state index in [1.807, 2.05) is 0 Å². The fourth-order valence-electron chi connectivity index (χ4n) is 2.63. The number of anilines is 1. The molecule has 0 aliphatic heterocycles. The number of aryl methyl sites for hydroxylation is 1. The SMILES string of the molecule is O=C(O)CC1CCCc2sc(NC(=O)C(=O)O)c(C(=O)O)c21. The van der Waals surface area contributed by atoms with E-state index >= 15 is 0 Å². The summed E-state index contributed by atoms with van der Waals surface area (Å²) in [5, 5.41) is 29.0. The van der Waals surface area contributed by atoms with Crippen molar-refractivity contribution >= 4 is 40.2 Å². The van der Waals surface area contributed by atoms with Gasteiger partial charge in [-0.1, -0.05) is 0 Å². The lowest BCUT2D eigenvalue weighted by molar-refractivity contribution is -0.147. The van der Waals surface area contributed by atoms with Gasteiger partial charge in [-0.05, 0) is 30.7 Å². The lowest BCUT2D eigenvalue weighted by atomic mass is 9.83. The third-order valence-electron chi connectivity index (χ3n) is 3.44. The van der Waals surface area contributed by atoms with Gasteiger partial charge >= 0.3 is 23.8 Å². The van der Waals surface area contributed by atoms with E-state index in [2.05, 4.69) is 5.32 Å². The van der Waals surface area contributed by atoms with Gasteiger partial charge in [-0.25, -0.2) is 9.59 Å². The van der Waals surface area contributed by atoms with Crippen molar-refractivity contribution in [2.45, 2.75) is 31.6 Å². The molecule has 1 unspecified atom stereocenters. The molecule has 1 amide bonds. The first-order chi connectivity index (χ1) is 10.3. The van der Waals surface area contributed by atoms with Gasteiger partial charge in [0, 0.05) is 4.88 Å². The summed E-state index contributed by atoms with van der Waals surface area (Å²) in [6.07, 6.45) is 1.65. The highest BCUT2D eigenvalue weighted by Gasteiger charge is 2.33. The van der Waals surface area contributed by atoms with Crippen LogP contribution in [0.1, 0.15) is 46.0 Å². The first-order valence-corrected chi connectivity index (χ1v) is 7.27. The standard InChI is InChI=1S/C13H13NO7S/c15-7(16)4-5-2-1-3-6-8(5)9(12(18)19)11(22-6)14-10(17)13(20)21/h5H,1-4H2,(H,14,17)(H,15,16)(H,18,19)(H,20,21). The van der Waals surface area contributed by atoms with Crippen LogP contribution >= 0.6 is 11.3 Å². The van der Waals surface area contributed by atoms with Crippen LogP contribution in [-0.4, -0.2) is 39.1 Å². The Morgan fingerprint density at radius 3 is 2.41 bits per heavy atom. The van der Waals surface area contributed by atoms with Crippen LogP contribution in [0, 0.1) is 0 Å². The highest BCUT2D eigenvalue weighted by molar-refractivity contribution is 7.17. The summed E-state index contributed by atoms with van der Waals surface area (Å²) >= 11 is 0.998. The number of carbonyl (C=O) groups is 4. The van der Waals surface area contributed by atoms with E-state index in [0.717, 1.165) is 17.8 Å². The second-order valence-corrected chi connectivity index (χ2v) is 6.00. The Morgan fingerprint density at radius 1 is 1.18 bits per heavy atom. The van der Waals surface area contributed by atoms with Crippen molar-refractivity contribution in [2.75, 3.05) is 5.32 Å². The van der Waals surface area contributed by atoms with E-state index in [1.54, 1.807) is 0 Å². The molecular formula is C13H13NO7S. The third-order valence-corrected chi connectivity index (χ3v) is 4.62. The first-order valence-electron chi connectivity index (χ1n) is 6.46. The number of hydrogen-bond acceptors (Lipinski definition) is 5. The Balaban J connectivity index is 2.47. The second kappa shape index (κ2) is 6.14. The molecule has 0 saturated carbocycles. The maximum Gasteiger partial charge on any atom is 0.394 e.